The first-order valence-corrected chi connectivity index (χ1v) is 9.74. The molecule has 132 valence electrons. The van der Waals surface area contributed by atoms with Crippen molar-refractivity contribution < 1.29 is 22.7 Å². The molecule has 2 aliphatic rings. The van der Waals surface area contributed by atoms with Gasteiger partial charge in [0.25, 0.3) is 0 Å². The Morgan fingerprint density at radius 3 is 2.50 bits per heavy atom. The van der Waals surface area contributed by atoms with Crippen LogP contribution in [0.15, 0.2) is 18.2 Å². The van der Waals surface area contributed by atoms with Crippen molar-refractivity contribution in [2.24, 2.45) is 0 Å². The van der Waals surface area contributed by atoms with Crippen molar-refractivity contribution >= 4 is 15.7 Å². The van der Waals surface area contributed by atoms with E-state index in [4.69, 9.17) is 9.47 Å². The maximum Gasteiger partial charge on any atom is 0.244 e. The van der Waals surface area contributed by atoms with E-state index in [2.05, 4.69) is 0 Å². The predicted molar refractivity (Wildman–Crippen MR) is 89.9 cm³/mol. The van der Waals surface area contributed by atoms with E-state index < -0.39 is 14.6 Å². The SMILES string of the molecule is COc1ccc(CN2C(=O)C3(CCC3)S(=O)(=O)CC2C)c(OC)c1. The fraction of sp³-hybridized carbons (Fsp3) is 0.588. The Morgan fingerprint density at radius 2 is 1.96 bits per heavy atom. The number of nitrogens with zero attached hydrogens (tertiary/aromatic N) is 1. The van der Waals surface area contributed by atoms with Gasteiger partial charge in [0.1, 0.15) is 11.5 Å². The first-order chi connectivity index (χ1) is 11.3. The van der Waals surface area contributed by atoms with Gasteiger partial charge in [0.2, 0.25) is 5.91 Å². The zero-order valence-electron chi connectivity index (χ0n) is 14.2. The van der Waals surface area contributed by atoms with Gasteiger partial charge in [-0.2, -0.15) is 0 Å². The summed E-state index contributed by atoms with van der Waals surface area (Å²) in [5.41, 5.74) is 0.840. The molecule has 3 rings (SSSR count). The number of carbonyl (C=O) groups is 1. The van der Waals surface area contributed by atoms with Crippen LogP contribution in [0.5, 0.6) is 11.5 Å². The number of amides is 1. The van der Waals surface area contributed by atoms with E-state index in [1.807, 2.05) is 12.1 Å². The minimum atomic E-state index is -3.38. The van der Waals surface area contributed by atoms with Crippen LogP contribution in [0.25, 0.3) is 0 Å². The lowest BCUT2D eigenvalue weighted by molar-refractivity contribution is -0.139. The van der Waals surface area contributed by atoms with Crippen LogP contribution in [-0.4, -0.2) is 50.0 Å². The van der Waals surface area contributed by atoms with Crippen LogP contribution in [0.2, 0.25) is 0 Å². The highest BCUT2D eigenvalue weighted by atomic mass is 32.2. The van der Waals surface area contributed by atoms with Crippen LogP contribution in [0.4, 0.5) is 0 Å². The molecule has 0 radical (unpaired) electrons. The summed E-state index contributed by atoms with van der Waals surface area (Å²) in [6.45, 7) is 2.13. The quantitative estimate of drug-likeness (QED) is 0.825. The first-order valence-electron chi connectivity index (χ1n) is 8.09. The van der Waals surface area contributed by atoms with Crippen molar-refractivity contribution in [1.29, 1.82) is 0 Å². The number of benzene rings is 1. The molecule has 0 aromatic heterocycles. The maximum atomic E-state index is 13.0. The van der Waals surface area contributed by atoms with Crippen molar-refractivity contribution in [3.05, 3.63) is 23.8 Å². The average Bonchev–Trinajstić information content (AvgIpc) is 2.49. The maximum absolute atomic E-state index is 13.0. The van der Waals surface area contributed by atoms with E-state index in [0.717, 1.165) is 12.0 Å². The van der Waals surface area contributed by atoms with Crippen LogP contribution in [0.3, 0.4) is 0 Å². The van der Waals surface area contributed by atoms with E-state index in [-0.39, 0.29) is 17.7 Å². The van der Waals surface area contributed by atoms with Crippen LogP contribution in [0.1, 0.15) is 31.7 Å². The lowest BCUT2D eigenvalue weighted by Gasteiger charge is -2.48. The molecule has 6 nitrogen and oxygen atoms in total. The molecule has 1 aromatic rings. The Kier molecular flexibility index (Phi) is 4.23. The summed E-state index contributed by atoms with van der Waals surface area (Å²) in [5, 5.41) is 0. The van der Waals surface area contributed by atoms with Crippen LogP contribution < -0.4 is 9.47 Å². The minimum absolute atomic E-state index is 0.0250. The van der Waals surface area contributed by atoms with Crippen LogP contribution >= 0.6 is 0 Å². The van der Waals surface area contributed by atoms with Gasteiger partial charge in [0.05, 0.1) is 20.0 Å². The van der Waals surface area contributed by atoms with Gasteiger partial charge >= 0.3 is 0 Å². The molecule has 0 N–H and O–H groups in total. The Morgan fingerprint density at radius 1 is 1.25 bits per heavy atom. The van der Waals surface area contributed by atoms with Crippen molar-refractivity contribution in [2.75, 3.05) is 20.0 Å². The molecule has 1 aliphatic carbocycles. The molecular formula is C17H23NO5S. The number of ether oxygens (including phenoxy) is 2. The molecule has 24 heavy (non-hydrogen) atoms. The first kappa shape index (κ1) is 17.1. The van der Waals surface area contributed by atoms with Gasteiger partial charge < -0.3 is 14.4 Å². The van der Waals surface area contributed by atoms with Gasteiger partial charge in [0.15, 0.2) is 14.6 Å². The molecule has 1 unspecified atom stereocenters. The van der Waals surface area contributed by atoms with E-state index in [9.17, 15) is 13.2 Å². The second-order valence-electron chi connectivity index (χ2n) is 6.59. The number of rotatable bonds is 4. The third kappa shape index (κ3) is 2.46. The van der Waals surface area contributed by atoms with Crippen molar-refractivity contribution in [3.63, 3.8) is 0 Å². The summed E-state index contributed by atoms with van der Waals surface area (Å²) in [5.74, 6) is 1.07. The third-order valence-electron chi connectivity index (χ3n) is 5.23. The van der Waals surface area contributed by atoms with E-state index in [0.29, 0.717) is 30.9 Å². The standard InChI is InChI=1S/C17H23NO5S/c1-12-11-24(20,21)17(7-4-8-17)16(19)18(12)10-13-5-6-14(22-2)9-15(13)23-3/h5-6,9,12H,4,7-8,10-11H2,1-3H3. The van der Waals surface area contributed by atoms with Crippen molar-refractivity contribution in [1.82, 2.24) is 4.90 Å². The highest BCUT2D eigenvalue weighted by molar-refractivity contribution is 7.93. The van der Waals surface area contributed by atoms with E-state index in [1.54, 1.807) is 32.1 Å². The number of carbonyl (C=O) groups excluding carboxylic acids is 1. The molecule has 7 heteroatoms. The molecule has 0 bridgehead atoms. The summed E-state index contributed by atoms with van der Waals surface area (Å²) >= 11 is 0. The Hall–Kier alpha value is -1.76. The minimum Gasteiger partial charge on any atom is -0.497 e. The summed E-state index contributed by atoms with van der Waals surface area (Å²) in [6.07, 6.45) is 1.67. The molecule has 1 heterocycles. The largest absolute Gasteiger partial charge is 0.497 e. The number of hydrogen-bond acceptors (Lipinski definition) is 5. The number of sulfone groups is 1. The zero-order chi connectivity index (χ0) is 17.5. The van der Waals surface area contributed by atoms with Gasteiger partial charge in [-0.05, 0) is 38.3 Å². The zero-order valence-corrected chi connectivity index (χ0v) is 15.1. The summed E-state index contributed by atoms with van der Waals surface area (Å²) < 4.78 is 34.5. The Labute approximate surface area is 142 Å². The molecule has 1 amide bonds. The van der Waals surface area contributed by atoms with Gasteiger partial charge in [-0.15, -0.1) is 0 Å². The van der Waals surface area contributed by atoms with E-state index >= 15 is 0 Å². The Bertz CT molecular complexity index is 754. The lowest BCUT2D eigenvalue weighted by Crippen LogP contribution is -2.66. The number of methoxy groups -OCH3 is 2. The molecule has 2 fully saturated rings. The lowest BCUT2D eigenvalue weighted by atomic mass is 9.82. The highest BCUT2D eigenvalue weighted by Gasteiger charge is 2.60. The van der Waals surface area contributed by atoms with Gasteiger partial charge in [-0.3, -0.25) is 4.79 Å². The summed E-state index contributed by atoms with van der Waals surface area (Å²) in [7, 11) is -0.232. The number of hydrogen-bond donors (Lipinski definition) is 0. The van der Waals surface area contributed by atoms with Crippen LogP contribution in [-0.2, 0) is 21.2 Å². The second kappa shape index (κ2) is 5.95. The van der Waals surface area contributed by atoms with Gasteiger partial charge in [-0.25, -0.2) is 8.42 Å². The molecule has 1 aliphatic heterocycles. The Balaban J connectivity index is 1.91. The third-order valence-corrected chi connectivity index (χ3v) is 7.93. The van der Waals surface area contributed by atoms with Gasteiger partial charge in [0, 0.05) is 24.2 Å². The highest BCUT2D eigenvalue weighted by Crippen LogP contribution is 2.45. The molecule has 1 atom stereocenters. The van der Waals surface area contributed by atoms with Gasteiger partial charge in [-0.1, -0.05) is 0 Å². The summed E-state index contributed by atoms with van der Waals surface area (Å²) in [6, 6.07) is 5.09. The molecule has 1 saturated heterocycles. The predicted octanol–water partition coefficient (Wildman–Crippen LogP) is 1.77. The van der Waals surface area contributed by atoms with E-state index in [1.165, 1.54) is 0 Å². The molecular weight excluding hydrogens is 330 g/mol. The molecule has 1 aromatic carbocycles. The van der Waals surface area contributed by atoms with Crippen LogP contribution in [0, 0.1) is 0 Å². The average molecular weight is 353 g/mol. The van der Waals surface area contributed by atoms with Crippen molar-refractivity contribution in [3.8, 4) is 11.5 Å². The fourth-order valence-corrected chi connectivity index (χ4v) is 6.01. The monoisotopic (exact) mass is 353 g/mol. The topological polar surface area (TPSA) is 72.9 Å². The smallest absolute Gasteiger partial charge is 0.244 e. The second-order valence-corrected chi connectivity index (χ2v) is 8.93. The normalized spacial score (nSPS) is 24.5. The molecule has 1 spiro atoms. The fourth-order valence-electron chi connectivity index (χ4n) is 3.58. The molecule has 1 saturated carbocycles. The summed E-state index contributed by atoms with van der Waals surface area (Å²) in [4.78, 5) is 14.6. The van der Waals surface area contributed by atoms with Crippen molar-refractivity contribution in [2.45, 2.75) is 43.5 Å².